The molecule has 1 N–H and O–H groups in total. The average molecular weight is 357 g/mol. The van der Waals surface area contributed by atoms with E-state index in [9.17, 15) is 27.9 Å². The number of rotatable bonds is 2. The summed E-state index contributed by atoms with van der Waals surface area (Å²) >= 11 is 0. The Morgan fingerprint density at radius 1 is 1.20 bits per heavy atom. The molecular formula is C17H18F3NO4. The fraction of sp³-hybridized carbons (Fsp3) is 0.529. The number of carbonyl (C=O) groups excluding carboxylic acids is 1. The molecule has 1 spiro atoms. The normalized spacial score (nSPS) is 23.0. The topological polar surface area (TPSA) is 66.8 Å². The minimum absolute atomic E-state index is 0.0830. The van der Waals surface area contributed by atoms with Gasteiger partial charge in [0.25, 0.3) is 5.91 Å². The maximum absolute atomic E-state index is 13.2. The second-order valence-corrected chi connectivity index (χ2v) is 6.59. The first-order valence-corrected chi connectivity index (χ1v) is 8.01. The summed E-state index contributed by atoms with van der Waals surface area (Å²) in [5.41, 5.74) is -2.07. The molecule has 0 radical (unpaired) electrons. The zero-order valence-corrected chi connectivity index (χ0v) is 13.4. The van der Waals surface area contributed by atoms with Crippen LogP contribution in [0.1, 0.15) is 28.8 Å². The number of carboxylic acid groups (broad SMARTS) is 1. The Bertz CT molecular complexity index is 683. The van der Waals surface area contributed by atoms with Crippen molar-refractivity contribution in [3.05, 3.63) is 35.4 Å². The Labute approximate surface area is 142 Å². The van der Waals surface area contributed by atoms with Crippen molar-refractivity contribution in [2.24, 2.45) is 11.3 Å². The fourth-order valence-corrected chi connectivity index (χ4v) is 3.84. The van der Waals surface area contributed by atoms with E-state index >= 15 is 0 Å². The Morgan fingerprint density at radius 2 is 1.84 bits per heavy atom. The van der Waals surface area contributed by atoms with Gasteiger partial charge in [-0.25, -0.2) is 0 Å². The minimum Gasteiger partial charge on any atom is -0.481 e. The SMILES string of the molecule is O=C(O)C1CN(C(=O)c2ccccc2C(F)(F)F)CC12CCOCC2. The summed E-state index contributed by atoms with van der Waals surface area (Å²) in [5.74, 6) is -2.60. The molecule has 2 heterocycles. The number of hydrogen-bond donors (Lipinski definition) is 1. The number of amides is 1. The van der Waals surface area contributed by atoms with Gasteiger partial charge in [0.15, 0.2) is 0 Å². The first-order chi connectivity index (χ1) is 11.7. The Morgan fingerprint density at radius 3 is 2.44 bits per heavy atom. The van der Waals surface area contributed by atoms with Crippen LogP contribution in [0.15, 0.2) is 24.3 Å². The smallest absolute Gasteiger partial charge is 0.417 e. The van der Waals surface area contributed by atoms with Gasteiger partial charge in [-0.1, -0.05) is 12.1 Å². The van der Waals surface area contributed by atoms with Crippen LogP contribution in [0.25, 0.3) is 0 Å². The Hall–Kier alpha value is -2.09. The zero-order chi connectivity index (χ0) is 18.2. The molecule has 2 saturated heterocycles. The zero-order valence-electron chi connectivity index (χ0n) is 13.4. The predicted octanol–water partition coefficient (Wildman–Crippen LogP) is 2.66. The molecule has 1 atom stereocenters. The summed E-state index contributed by atoms with van der Waals surface area (Å²) in [6, 6.07) is 4.60. The van der Waals surface area contributed by atoms with Gasteiger partial charge in [0.2, 0.25) is 0 Å². The maximum atomic E-state index is 13.2. The second-order valence-electron chi connectivity index (χ2n) is 6.59. The van der Waals surface area contributed by atoms with E-state index in [1.807, 2.05) is 0 Å². The van der Waals surface area contributed by atoms with E-state index in [0.29, 0.717) is 26.1 Å². The van der Waals surface area contributed by atoms with Crippen molar-refractivity contribution >= 4 is 11.9 Å². The molecular weight excluding hydrogens is 339 g/mol. The Balaban J connectivity index is 1.91. The van der Waals surface area contributed by atoms with Crippen molar-refractivity contribution in [3.8, 4) is 0 Å². The maximum Gasteiger partial charge on any atom is 0.417 e. The molecule has 0 aromatic heterocycles. The van der Waals surface area contributed by atoms with Crippen LogP contribution < -0.4 is 0 Å². The monoisotopic (exact) mass is 357 g/mol. The standard InChI is InChI=1S/C17H18F3NO4/c18-17(19,20)12-4-2-1-3-11(12)14(22)21-9-13(15(23)24)16(10-21)5-7-25-8-6-16/h1-4,13H,5-10H2,(H,23,24). The van der Waals surface area contributed by atoms with Crippen LogP contribution in [0.2, 0.25) is 0 Å². The minimum atomic E-state index is -4.64. The van der Waals surface area contributed by atoms with Crippen LogP contribution in [0, 0.1) is 11.3 Å². The van der Waals surface area contributed by atoms with Crippen LogP contribution in [-0.2, 0) is 15.7 Å². The van der Waals surface area contributed by atoms with E-state index in [-0.39, 0.29) is 13.1 Å². The number of ether oxygens (including phenoxy) is 1. The predicted molar refractivity (Wildman–Crippen MR) is 81.0 cm³/mol. The molecule has 25 heavy (non-hydrogen) atoms. The number of alkyl halides is 3. The van der Waals surface area contributed by atoms with Gasteiger partial charge in [0, 0.05) is 31.7 Å². The number of likely N-dealkylation sites (tertiary alicyclic amines) is 1. The van der Waals surface area contributed by atoms with E-state index in [0.717, 1.165) is 12.1 Å². The van der Waals surface area contributed by atoms with Crippen LogP contribution in [0.4, 0.5) is 13.2 Å². The van der Waals surface area contributed by atoms with Crippen LogP contribution in [0.3, 0.4) is 0 Å². The third kappa shape index (κ3) is 3.22. The van der Waals surface area contributed by atoms with Crippen molar-refractivity contribution in [2.75, 3.05) is 26.3 Å². The highest BCUT2D eigenvalue weighted by Crippen LogP contribution is 2.45. The number of halogens is 3. The number of hydrogen-bond acceptors (Lipinski definition) is 3. The number of benzene rings is 1. The van der Waals surface area contributed by atoms with Crippen molar-refractivity contribution in [1.29, 1.82) is 0 Å². The highest BCUT2D eigenvalue weighted by molar-refractivity contribution is 5.96. The Kier molecular flexibility index (Phi) is 4.49. The molecule has 1 aromatic rings. The first-order valence-electron chi connectivity index (χ1n) is 8.01. The van der Waals surface area contributed by atoms with E-state index in [2.05, 4.69) is 0 Å². The van der Waals surface area contributed by atoms with Crippen molar-refractivity contribution in [2.45, 2.75) is 19.0 Å². The third-order valence-electron chi connectivity index (χ3n) is 5.18. The summed E-state index contributed by atoms with van der Waals surface area (Å²) in [7, 11) is 0. The van der Waals surface area contributed by atoms with Gasteiger partial charge in [-0.05, 0) is 25.0 Å². The van der Waals surface area contributed by atoms with Crippen LogP contribution >= 0.6 is 0 Å². The van der Waals surface area contributed by atoms with Gasteiger partial charge in [-0.3, -0.25) is 9.59 Å². The van der Waals surface area contributed by atoms with Crippen LogP contribution in [-0.4, -0.2) is 48.2 Å². The van der Waals surface area contributed by atoms with Gasteiger partial charge >= 0.3 is 12.1 Å². The highest BCUT2D eigenvalue weighted by Gasteiger charge is 2.52. The quantitative estimate of drug-likeness (QED) is 0.884. The van der Waals surface area contributed by atoms with E-state index in [1.54, 1.807) is 0 Å². The molecule has 1 unspecified atom stereocenters. The molecule has 2 aliphatic heterocycles. The molecule has 2 fully saturated rings. The summed E-state index contributed by atoms with van der Waals surface area (Å²) in [4.78, 5) is 25.6. The average Bonchev–Trinajstić information content (AvgIpc) is 2.93. The molecule has 0 aliphatic carbocycles. The van der Waals surface area contributed by atoms with Gasteiger partial charge in [-0.15, -0.1) is 0 Å². The summed E-state index contributed by atoms with van der Waals surface area (Å²) in [5, 5.41) is 9.53. The number of nitrogens with zero attached hydrogens (tertiary/aromatic N) is 1. The molecule has 136 valence electrons. The fourth-order valence-electron chi connectivity index (χ4n) is 3.84. The molecule has 8 heteroatoms. The van der Waals surface area contributed by atoms with Crippen molar-refractivity contribution in [1.82, 2.24) is 4.90 Å². The lowest BCUT2D eigenvalue weighted by molar-refractivity contribution is -0.147. The lowest BCUT2D eigenvalue weighted by Gasteiger charge is -2.36. The van der Waals surface area contributed by atoms with Crippen molar-refractivity contribution in [3.63, 3.8) is 0 Å². The number of carboxylic acids is 1. The largest absolute Gasteiger partial charge is 0.481 e. The van der Waals surface area contributed by atoms with E-state index in [4.69, 9.17) is 4.74 Å². The number of carbonyl (C=O) groups is 2. The lowest BCUT2D eigenvalue weighted by Crippen LogP contribution is -2.40. The molecule has 0 bridgehead atoms. The molecule has 3 rings (SSSR count). The molecule has 2 aliphatic rings. The lowest BCUT2D eigenvalue weighted by atomic mass is 9.72. The summed E-state index contributed by atoms with van der Waals surface area (Å²) < 4.78 is 44.8. The first kappa shape index (κ1) is 17.7. The van der Waals surface area contributed by atoms with Crippen LogP contribution in [0.5, 0.6) is 0 Å². The summed E-state index contributed by atoms with van der Waals surface area (Å²) in [6.45, 7) is 0.842. The number of aliphatic carboxylic acids is 1. The van der Waals surface area contributed by atoms with Gasteiger partial charge in [0.05, 0.1) is 17.0 Å². The molecule has 1 aromatic carbocycles. The van der Waals surface area contributed by atoms with Gasteiger partial charge in [-0.2, -0.15) is 13.2 Å². The van der Waals surface area contributed by atoms with Crippen molar-refractivity contribution < 1.29 is 32.6 Å². The van der Waals surface area contributed by atoms with Gasteiger partial charge < -0.3 is 14.7 Å². The third-order valence-corrected chi connectivity index (χ3v) is 5.18. The molecule has 5 nitrogen and oxygen atoms in total. The van der Waals surface area contributed by atoms with E-state index in [1.165, 1.54) is 17.0 Å². The van der Waals surface area contributed by atoms with Gasteiger partial charge in [0.1, 0.15) is 0 Å². The molecule has 0 saturated carbocycles. The highest BCUT2D eigenvalue weighted by atomic mass is 19.4. The van der Waals surface area contributed by atoms with E-state index < -0.39 is 40.5 Å². The second kappa shape index (κ2) is 6.33. The summed E-state index contributed by atoms with van der Waals surface area (Å²) in [6.07, 6.45) is -3.68. The molecule has 1 amide bonds.